The Labute approximate surface area is 104 Å². The highest BCUT2D eigenvalue weighted by Crippen LogP contribution is 2.14. The smallest absolute Gasteiger partial charge is 0.119 e. The Hall–Kier alpha value is -1.06. The van der Waals surface area contributed by atoms with Gasteiger partial charge in [0.15, 0.2) is 0 Å². The van der Waals surface area contributed by atoms with Crippen LogP contribution in [0.25, 0.3) is 0 Å². The summed E-state index contributed by atoms with van der Waals surface area (Å²) in [6.07, 6.45) is 2.22. The molecular formula is C14H23NO2. The van der Waals surface area contributed by atoms with Gasteiger partial charge in [-0.05, 0) is 44.0 Å². The molecule has 0 unspecified atom stereocenters. The van der Waals surface area contributed by atoms with Gasteiger partial charge in [0.25, 0.3) is 0 Å². The third-order valence-corrected chi connectivity index (χ3v) is 2.51. The summed E-state index contributed by atoms with van der Waals surface area (Å²) in [7, 11) is 1.72. The number of nitrogens with one attached hydrogen (secondary N) is 1. The van der Waals surface area contributed by atoms with E-state index < -0.39 is 0 Å². The number of aryl methyl sites for hydroxylation is 1. The SMILES string of the molecule is CCOc1cccc(CCCNCCOC)c1. The van der Waals surface area contributed by atoms with Gasteiger partial charge in [-0.25, -0.2) is 0 Å². The van der Waals surface area contributed by atoms with Crippen LogP contribution in [0, 0.1) is 0 Å². The molecule has 0 amide bonds. The molecule has 3 nitrogen and oxygen atoms in total. The van der Waals surface area contributed by atoms with Crippen LogP contribution in [0.15, 0.2) is 24.3 Å². The molecule has 0 radical (unpaired) electrons. The lowest BCUT2D eigenvalue weighted by atomic mass is 10.1. The van der Waals surface area contributed by atoms with E-state index in [0.717, 1.165) is 44.9 Å². The lowest BCUT2D eigenvalue weighted by Gasteiger charge is -2.07. The fraction of sp³-hybridized carbons (Fsp3) is 0.571. The highest BCUT2D eigenvalue weighted by molar-refractivity contribution is 5.28. The van der Waals surface area contributed by atoms with E-state index in [0.29, 0.717) is 0 Å². The van der Waals surface area contributed by atoms with Crippen molar-refractivity contribution >= 4 is 0 Å². The second-order valence-electron chi connectivity index (χ2n) is 3.93. The van der Waals surface area contributed by atoms with Crippen LogP contribution in [-0.4, -0.2) is 33.4 Å². The van der Waals surface area contributed by atoms with Crippen LogP contribution >= 0.6 is 0 Å². The molecule has 1 rings (SSSR count). The van der Waals surface area contributed by atoms with Crippen molar-refractivity contribution in [3.8, 4) is 5.75 Å². The maximum atomic E-state index is 5.47. The molecule has 0 saturated carbocycles. The molecule has 0 spiro atoms. The van der Waals surface area contributed by atoms with Crippen LogP contribution in [-0.2, 0) is 11.2 Å². The molecule has 17 heavy (non-hydrogen) atoms. The first kappa shape index (κ1) is 14.0. The molecular weight excluding hydrogens is 214 g/mol. The maximum absolute atomic E-state index is 5.47. The average Bonchev–Trinajstić information content (AvgIpc) is 2.35. The Morgan fingerprint density at radius 3 is 2.88 bits per heavy atom. The maximum Gasteiger partial charge on any atom is 0.119 e. The largest absolute Gasteiger partial charge is 0.494 e. The summed E-state index contributed by atoms with van der Waals surface area (Å²) in [6.45, 7) is 5.46. The molecule has 0 aromatic heterocycles. The van der Waals surface area contributed by atoms with E-state index in [9.17, 15) is 0 Å². The molecule has 0 aliphatic carbocycles. The summed E-state index contributed by atoms with van der Waals surface area (Å²) in [5.74, 6) is 0.970. The number of hydrogen-bond donors (Lipinski definition) is 1. The Balaban J connectivity index is 2.19. The third-order valence-electron chi connectivity index (χ3n) is 2.51. The van der Waals surface area contributed by atoms with Crippen molar-refractivity contribution in [2.24, 2.45) is 0 Å². The van der Waals surface area contributed by atoms with Crippen LogP contribution < -0.4 is 10.1 Å². The average molecular weight is 237 g/mol. The summed E-state index contributed by atoms with van der Waals surface area (Å²) >= 11 is 0. The summed E-state index contributed by atoms with van der Waals surface area (Å²) < 4.78 is 10.4. The lowest BCUT2D eigenvalue weighted by Crippen LogP contribution is -2.20. The standard InChI is InChI=1S/C14H23NO2/c1-3-17-14-8-4-6-13(12-14)7-5-9-15-10-11-16-2/h4,6,8,12,15H,3,5,7,9-11H2,1-2H3. The second kappa shape index (κ2) is 9.02. The van der Waals surface area contributed by atoms with Crippen molar-refractivity contribution in [1.82, 2.24) is 5.32 Å². The molecule has 0 aliphatic heterocycles. The van der Waals surface area contributed by atoms with Crippen molar-refractivity contribution < 1.29 is 9.47 Å². The summed E-state index contributed by atoms with van der Waals surface area (Å²) in [4.78, 5) is 0. The number of ether oxygens (including phenoxy) is 2. The van der Waals surface area contributed by atoms with Gasteiger partial charge in [0.1, 0.15) is 5.75 Å². The quantitative estimate of drug-likeness (QED) is 0.668. The van der Waals surface area contributed by atoms with Gasteiger partial charge in [-0.1, -0.05) is 12.1 Å². The minimum atomic E-state index is 0.724. The molecule has 1 aromatic rings. The second-order valence-corrected chi connectivity index (χ2v) is 3.93. The topological polar surface area (TPSA) is 30.5 Å². The lowest BCUT2D eigenvalue weighted by molar-refractivity contribution is 0.199. The predicted molar refractivity (Wildman–Crippen MR) is 70.7 cm³/mol. The number of benzene rings is 1. The Morgan fingerprint density at radius 2 is 2.12 bits per heavy atom. The Morgan fingerprint density at radius 1 is 1.24 bits per heavy atom. The van der Waals surface area contributed by atoms with Crippen LogP contribution in [0.4, 0.5) is 0 Å². The van der Waals surface area contributed by atoms with Crippen molar-refractivity contribution in [3.05, 3.63) is 29.8 Å². The van der Waals surface area contributed by atoms with Gasteiger partial charge >= 0.3 is 0 Å². The summed E-state index contributed by atoms with van der Waals surface area (Å²) in [5, 5.41) is 3.34. The van der Waals surface area contributed by atoms with Gasteiger partial charge in [-0.15, -0.1) is 0 Å². The number of rotatable bonds is 9. The van der Waals surface area contributed by atoms with Gasteiger partial charge in [0, 0.05) is 13.7 Å². The van der Waals surface area contributed by atoms with Crippen LogP contribution in [0.3, 0.4) is 0 Å². The van der Waals surface area contributed by atoms with Gasteiger partial charge in [0.2, 0.25) is 0 Å². The molecule has 3 heteroatoms. The third kappa shape index (κ3) is 6.29. The van der Waals surface area contributed by atoms with Crippen molar-refractivity contribution in [2.45, 2.75) is 19.8 Å². The van der Waals surface area contributed by atoms with Gasteiger partial charge < -0.3 is 14.8 Å². The fourth-order valence-electron chi connectivity index (χ4n) is 1.67. The number of hydrogen-bond acceptors (Lipinski definition) is 3. The minimum Gasteiger partial charge on any atom is -0.494 e. The van der Waals surface area contributed by atoms with Crippen LogP contribution in [0.5, 0.6) is 5.75 Å². The summed E-state index contributed by atoms with van der Waals surface area (Å²) in [5.41, 5.74) is 1.34. The van der Waals surface area contributed by atoms with Crippen LogP contribution in [0.1, 0.15) is 18.9 Å². The van der Waals surface area contributed by atoms with E-state index in [1.807, 2.05) is 13.0 Å². The van der Waals surface area contributed by atoms with Gasteiger partial charge in [-0.2, -0.15) is 0 Å². The van der Waals surface area contributed by atoms with Crippen molar-refractivity contribution in [1.29, 1.82) is 0 Å². The molecule has 0 saturated heterocycles. The van der Waals surface area contributed by atoms with E-state index in [2.05, 4.69) is 23.5 Å². The van der Waals surface area contributed by atoms with E-state index in [4.69, 9.17) is 9.47 Å². The number of methoxy groups -OCH3 is 1. The molecule has 0 heterocycles. The van der Waals surface area contributed by atoms with Crippen LogP contribution in [0.2, 0.25) is 0 Å². The zero-order valence-electron chi connectivity index (χ0n) is 10.9. The van der Waals surface area contributed by atoms with E-state index >= 15 is 0 Å². The minimum absolute atomic E-state index is 0.724. The van der Waals surface area contributed by atoms with Gasteiger partial charge in [-0.3, -0.25) is 0 Å². The molecule has 1 N–H and O–H groups in total. The molecule has 0 aliphatic rings. The Bertz CT molecular complexity index is 302. The molecule has 0 bridgehead atoms. The summed E-state index contributed by atoms with van der Waals surface area (Å²) in [6, 6.07) is 8.33. The first-order valence-electron chi connectivity index (χ1n) is 6.28. The highest BCUT2D eigenvalue weighted by Gasteiger charge is 1.96. The predicted octanol–water partition coefficient (Wildman–Crippen LogP) is 2.25. The first-order valence-corrected chi connectivity index (χ1v) is 6.28. The first-order chi connectivity index (χ1) is 8.36. The zero-order chi connectivity index (χ0) is 12.3. The molecule has 96 valence electrons. The van der Waals surface area contributed by atoms with E-state index in [1.165, 1.54) is 5.56 Å². The monoisotopic (exact) mass is 237 g/mol. The molecule has 1 aromatic carbocycles. The molecule has 0 atom stereocenters. The molecule has 0 fully saturated rings. The van der Waals surface area contributed by atoms with E-state index in [-0.39, 0.29) is 0 Å². The van der Waals surface area contributed by atoms with Crippen molar-refractivity contribution in [3.63, 3.8) is 0 Å². The Kier molecular flexibility index (Phi) is 7.43. The van der Waals surface area contributed by atoms with Gasteiger partial charge in [0.05, 0.1) is 13.2 Å². The highest BCUT2D eigenvalue weighted by atomic mass is 16.5. The normalized spacial score (nSPS) is 10.5. The fourth-order valence-corrected chi connectivity index (χ4v) is 1.67. The zero-order valence-corrected chi connectivity index (χ0v) is 10.9. The van der Waals surface area contributed by atoms with Crippen molar-refractivity contribution in [2.75, 3.05) is 33.4 Å². The van der Waals surface area contributed by atoms with E-state index in [1.54, 1.807) is 7.11 Å².